The lowest BCUT2D eigenvalue weighted by atomic mass is 10.2. The third-order valence-electron chi connectivity index (χ3n) is 3.21. The van der Waals surface area contributed by atoms with E-state index in [4.69, 9.17) is 10.5 Å². The molecule has 0 fully saturated rings. The molecule has 23 heavy (non-hydrogen) atoms. The second kappa shape index (κ2) is 10.7. The van der Waals surface area contributed by atoms with E-state index >= 15 is 0 Å². The van der Waals surface area contributed by atoms with Gasteiger partial charge in [0, 0.05) is 19.5 Å². The minimum absolute atomic E-state index is 0. The minimum Gasteiger partial charge on any atom is -1.00 e. The minimum atomic E-state index is -0.434. The number of nitrogen functional groups attached to an aromatic ring is 1. The van der Waals surface area contributed by atoms with E-state index in [1.54, 1.807) is 17.5 Å². The van der Waals surface area contributed by atoms with Crippen LogP contribution in [0.3, 0.4) is 0 Å². The molecule has 0 unspecified atom stereocenters. The van der Waals surface area contributed by atoms with Gasteiger partial charge in [0.25, 0.3) is 0 Å². The van der Waals surface area contributed by atoms with Crippen molar-refractivity contribution in [1.82, 2.24) is 9.97 Å². The molecule has 2 aromatic heterocycles. The highest BCUT2D eigenvalue weighted by molar-refractivity contribution is 7.09. The van der Waals surface area contributed by atoms with Crippen molar-refractivity contribution in [3.05, 3.63) is 33.7 Å². The summed E-state index contributed by atoms with van der Waals surface area (Å²) in [5.74, 6) is 1.20. The number of nitrogens with two attached hydrogens (primary N) is 1. The summed E-state index contributed by atoms with van der Waals surface area (Å²) < 4.78 is 19.3. The van der Waals surface area contributed by atoms with E-state index in [1.807, 2.05) is 6.92 Å². The van der Waals surface area contributed by atoms with Gasteiger partial charge in [-0.05, 0) is 6.92 Å². The van der Waals surface area contributed by atoms with Gasteiger partial charge in [-0.15, -0.1) is 12.4 Å². The average molecular weight is 383 g/mol. The predicted molar refractivity (Wildman–Crippen MR) is 87.3 cm³/mol. The third-order valence-corrected chi connectivity index (χ3v) is 4.35. The smallest absolute Gasteiger partial charge is 0.225 e. The fraction of sp³-hybridized carbons (Fsp3) is 0.500. The molecule has 0 radical (unpaired) electrons. The van der Waals surface area contributed by atoms with Crippen molar-refractivity contribution in [3.63, 3.8) is 0 Å². The number of hydrogen-bond acceptors (Lipinski definition) is 5. The average Bonchev–Trinajstić information content (AvgIpc) is 2.79. The molecule has 0 spiro atoms. The summed E-state index contributed by atoms with van der Waals surface area (Å²) in [5.41, 5.74) is 10.1. The molecular weight excluding hydrogens is 362 g/mol. The zero-order valence-electron chi connectivity index (χ0n) is 13.1. The Hall–Kier alpha value is -1.02. The molecule has 2 heterocycles. The van der Waals surface area contributed by atoms with Gasteiger partial charge < -0.3 is 22.9 Å². The highest BCUT2D eigenvalue weighted by Crippen LogP contribution is 2.14. The number of aryl methyl sites for hydroxylation is 1. The molecule has 0 atom stereocenters. The lowest BCUT2D eigenvalue weighted by Crippen LogP contribution is -3.00. The largest absolute Gasteiger partial charge is 1.00 e. The van der Waals surface area contributed by atoms with Gasteiger partial charge in [-0.3, -0.25) is 0 Å². The number of rotatable bonds is 7. The fourth-order valence-electron chi connectivity index (χ4n) is 1.99. The van der Waals surface area contributed by atoms with Crippen molar-refractivity contribution in [2.75, 3.05) is 25.6 Å². The first-order valence-electron chi connectivity index (χ1n) is 6.80. The van der Waals surface area contributed by atoms with E-state index in [-0.39, 0.29) is 31.4 Å². The van der Waals surface area contributed by atoms with Gasteiger partial charge >= 0.3 is 0 Å². The van der Waals surface area contributed by atoms with Crippen molar-refractivity contribution < 1.29 is 26.1 Å². The van der Waals surface area contributed by atoms with Crippen LogP contribution in [-0.4, -0.2) is 29.9 Å². The van der Waals surface area contributed by atoms with E-state index in [9.17, 15) is 4.39 Å². The number of halogens is 3. The number of alkyl halides is 1. The SMILES string of the molecule is Cc1ncc(C[n+]2csc(CCOCCF)c2C)c(N)n1.Cl.[Cl-]. The summed E-state index contributed by atoms with van der Waals surface area (Å²) in [6, 6.07) is 0. The summed E-state index contributed by atoms with van der Waals surface area (Å²) in [6.45, 7) is 4.81. The maximum atomic E-state index is 12.0. The number of thiazole rings is 1. The quantitative estimate of drug-likeness (QED) is 0.494. The van der Waals surface area contributed by atoms with Gasteiger partial charge in [-0.1, -0.05) is 11.3 Å². The Balaban J connectivity index is 0.00000242. The lowest BCUT2D eigenvalue weighted by Gasteiger charge is -2.02. The number of anilines is 1. The van der Waals surface area contributed by atoms with E-state index < -0.39 is 6.67 Å². The maximum Gasteiger partial charge on any atom is 0.225 e. The second-order valence-electron chi connectivity index (χ2n) is 4.74. The van der Waals surface area contributed by atoms with Gasteiger partial charge in [-0.25, -0.2) is 14.4 Å². The Morgan fingerprint density at radius 1 is 1.35 bits per heavy atom. The molecule has 130 valence electrons. The second-order valence-corrected chi connectivity index (χ2v) is 5.68. The molecule has 0 saturated heterocycles. The number of hydrogen-bond donors (Lipinski definition) is 1. The van der Waals surface area contributed by atoms with Gasteiger partial charge in [-0.2, -0.15) is 4.57 Å². The van der Waals surface area contributed by atoms with Crippen LogP contribution < -0.4 is 22.7 Å². The first kappa shape index (κ1) is 22.0. The molecule has 5 nitrogen and oxygen atoms in total. The molecular formula is C14H21Cl2FN4OS. The molecule has 0 aliphatic carbocycles. The molecule has 0 amide bonds. The van der Waals surface area contributed by atoms with Crippen LogP contribution >= 0.6 is 23.7 Å². The van der Waals surface area contributed by atoms with Crippen molar-refractivity contribution in [3.8, 4) is 0 Å². The maximum absolute atomic E-state index is 12.0. The first-order chi connectivity index (χ1) is 10.1. The van der Waals surface area contributed by atoms with Crippen LogP contribution in [0.5, 0.6) is 0 Å². The predicted octanol–water partition coefficient (Wildman–Crippen LogP) is -0.973. The zero-order chi connectivity index (χ0) is 15.2. The molecule has 2 aromatic rings. The van der Waals surface area contributed by atoms with Gasteiger partial charge in [0.05, 0.1) is 23.7 Å². The Bertz CT molecular complexity index is 612. The molecule has 0 aromatic carbocycles. The molecule has 0 saturated carbocycles. The van der Waals surface area contributed by atoms with E-state index in [1.165, 1.54) is 10.6 Å². The Morgan fingerprint density at radius 3 is 2.74 bits per heavy atom. The fourth-order valence-corrected chi connectivity index (χ4v) is 2.96. The van der Waals surface area contributed by atoms with Crippen molar-refractivity contribution in [2.24, 2.45) is 0 Å². The van der Waals surface area contributed by atoms with Crippen LogP contribution in [0, 0.1) is 13.8 Å². The molecule has 9 heteroatoms. The summed E-state index contributed by atoms with van der Waals surface area (Å²) in [4.78, 5) is 9.60. The van der Waals surface area contributed by atoms with Crippen LogP contribution in [0.15, 0.2) is 11.7 Å². The molecule has 0 bridgehead atoms. The van der Waals surface area contributed by atoms with Crippen molar-refractivity contribution >= 4 is 29.6 Å². The third kappa shape index (κ3) is 6.18. The van der Waals surface area contributed by atoms with Crippen LogP contribution in [0.2, 0.25) is 0 Å². The highest BCUT2D eigenvalue weighted by atomic mass is 35.5. The van der Waals surface area contributed by atoms with Gasteiger partial charge in [0.1, 0.15) is 18.3 Å². The number of nitrogens with zero attached hydrogens (tertiary/aromatic N) is 3. The normalized spacial score (nSPS) is 10.0. The molecule has 2 rings (SSSR count). The van der Waals surface area contributed by atoms with E-state index in [0.717, 1.165) is 12.0 Å². The van der Waals surface area contributed by atoms with Crippen LogP contribution in [-0.2, 0) is 17.7 Å². The Kier molecular flexibility index (Phi) is 10.2. The Morgan fingerprint density at radius 2 is 2.09 bits per heavy atom. The summed E-state index contributed by atoms with van der Waals surface area (Å²) in [5, 5.41) is 0. The van der Waals surface area contributed by atoms with Crippen LogP contribution in [0.4, 0.5) is 10.2 Å². The monoisotopic (exact) mass is 382 g/mol. The molecule has 0 aliphatic heterocycles. The molecule has 0 aliphatic rings. The van der Waals surface area contributed by atoms with Crippen LogP contribution in [0.1, 0.15) is 22.0 Å². The lowest BCUT2D eigenvalue weighted by molar-refractivity contribution is -0.689. The molecule has 2 N–H and O–H groups in total. The van der Waals surface area contributed by atoms with Crippen molar-refractivity contribution in [2.45, 2.75) is 26.8 Å². The standard InChI is InChI=1S/C14H20FN4OS.2ClH/c1-10-13(3-5-20-6-4-15)21-9-19(10)8-12-7-17-11(2)18-14(12)16;;/h7,9H,3-6,8H2,1-2H3,(H2,16,17,18);2*1H/q+1;;/p-1. The number of ether oxygens (including phenoxy) is 1. The van der Waals surface area contributed by atoms with Crippen LogP contribution in [0.25, 0.3) is 0 Å². The first-order valence-corrected chi connectivity index (χ1v) is 7.68. The summed E-state index contributed by atoms with van der Waals surface area (Å²) >= 11 is 1.67. The van der Waals surface area contributed by atoms with Gasteiger partial charge in [0.15, 0.2) is 12.2 Å². The summed E-state index contributed by atoms with van der Waals surface area (Å²) in [7, 11) is 0. The zero-order valence-corrected chi connectivity index (χ0v) is 15.5. The topological polar surface area (TPSA) is 64.9 Å². The van der Waals surface area contributed by atoms with E-state index in [2.05, 4.69) is 27.0 Å². The number of aromatic nitrogens is 3. The van der Waals surface area contributed by atoms with Gasteiger partial charge in [0.2, 0.25) is 5.51 Å². The summed E-state index contributed by atoms with van der Waals surface area (Å²) in [6.07, 6.45) is 2.56. The van der Waals surface area contributed by atoms with E-state index in [0.29, 0.717) is 24.8 Å². The highest BCUT2D eigenvalue weighted by Gasteiger charge is 2.17. The van der Waals surface area contributed by atoms with Crippen molar-refractivity contribution in [1.29, 1.82) is 0 Å². The Labute approximate surface area is 151 Å².